The van der Waals surface area contributed by atoms with E-state index >= 15 is 0 Å². The summed E-state index contributed by atoms with van der Waals surface area (Å²) < 4.78 is 3.65. The van der Waals surface area contributed by atoms with E-state index < -0.39 is 11.9 Å². The van der Waals surface area contributed by atoms with Crippen LogP contribution in [0.15, 0.2) is 76.3 Å². The highest BCUT2D eigenvalue weighted by molar-refractivity contribution is 9.10. The van der Waals surface area contributed by atoms with Gasteiger partial charge in [0.15, 0.2) is 11.5 Å². The van der Waals surface area contributed by atoms with Crippen molar-refractivity contribution >= 4 is 55.7 Å². The highest BCUT2D eigenvalue weighted by atomic mass is 79.9. The molecule has 0 spiro atoms. The van der Waals surface area contributed by atoms with Crippen molar-refractivity contribution in [3.63, 3.8) is 0 Å². The van der Waals surface area contributed by atoms with Crippen LogP contribution in [0.2, 0.25) is 5.02 Å². The smallest absolute Gasteiger partial charge is 0.264 e. The van der Waals surface area contributed by atoms with E-state index in [0.29, 0.717) is 37.3 Å². The standard InChI is InChI=1S/C24H18BrClN6O2/c1-13(29-23(33)18-21(27)30-31-12-6-11-28-22(18)31)20-19(25)15-9-5-10-16(26)17(15)24(34)32(20)14-7-3-2-4-8-14/h2-13H,1H3,(H2,27,30)(H,29,33). The van der Waals surface area contributed by atoms with Crippen LogP contribution in [0.3, 0.4) is 0 Å². The molecule has 1 unspecified atom stereocenters. The molecule has 0 radical (unpaired) electrons. The molecule has 1 atom stereocenters. The number of carbonyl (C=O) groups is 1. The van der Waals surface area contributed by atoms with Gasteiger partial charge in [-0.2, -0.15) is 0 Å². The number of halogens is 2. The summed E-state index contributed by atoms with van der Waals surface area (Å²) in [5.74, 6) is -0.392. The monoisotopic (exact) mass is 536 g/mol. The zero-order valence-corrected chi connectivity index (χ0v) is 20.2. The van der Waals surface area contributed by atoms with Crippen molar-refractivity contribution in [2.75, 3.05) is 5.73 Å². The Morgan fingerprint density at radius 1 is 1.15 bits per heavy atom. The molecule has 3 heterocycles. The Balaban J connectivity index is 1.68. The summed E-state index contributed by atoms with van der Waals surface area (Å²) in [6, 6.07) is 15.5. The Bertz CT molecular complexity index is 1630. The zero-order valence-electron chi connectivity index (χ0n) is 17.9. The molecule has 1 amide bonds. The summed E-state index contributed by atoms with van der Waals surface area (Å²) in [5.41, 5.74) is 7.44. The summed E-state index contributed by atoms with van der Waals surface area (Å²) in [6.07, 6.45) is 3.23. The lowest BCUT2D eigenvalue weighted by Gasteiger charge is -2.23. The van der Waals surface area contributed by atoms with Crippen LogP contribution in [0, 0.1) is 0 Å². The number of hydrogen-bond acceptors (Lipinski definition) is 5. The van der Waals surface area contributed by atoms with Gasteiger partial charge in [0.05, 0.1) is 22.1 Å². The van der Waals surface area contributed by atoms with Crippen molar-refractivity contribution in [1.82, 2.24) is 24.5 Å². The summed E-state index contributed by atoms with van der Waals surface area (Å²) in [6.45, 7) is 1.79. The van der Waals surface area contributed by atoms with Gasteiger partial charge in [-0.25, -0.2) is 9.50 Å². The number of hydrogen-bond donors (Lipinski definition) is 2. The van der Waals surface area contributed by atoms with Crippen molar-refractivity contribution < 1.29 is 4.79 Å². The first-order chi connectivity index (χ1) is 16.4. The van der Waals surface area contributed by atoms with Gasteiger partial charge in [0.25, 0.3) is 11.5 Å². The molecule has 0 aliphatic carbocycles. The third-order valence-electron chi connectivity index (χ3n) is 5.55. The highest BCUT2D eigenvalue weighted by Gasteiger charge is 2.26. The average Bonchev–Trinajstić information content (AvgIpc) is 3.17. The van der Waals surface area contributed by atoms with Crippen LogP contribution >= 0.6 is 27.5 Å². The number of amides is 1. The van der Waals surface area contributed by atoms with Crippen LogP contribution in [-0.4, -0.2) is 25.1 Å². The SMILES string of the molecule is CC(NC(=O)c1c(N)nn2cccnc12)c1c(Br)c2cccc(Cl)c2c(=O)n1-c1ccccc1. The number of rotatable bonds is 4. The minimum atomic E-state index is -0.601. The zero-order chi connectivity index (χ0) is 24.0. The lowest BCUT2D eigenvalue weighted by atomic mass is 10.1. The molecule has 8 nitrogen and oxygen atoms in total. The number of nitrogens with zero attached hydrogens (tertiary/aromatic N) is 4. The third-order valence-corrected chi connectivity index (χ3v) is 6.70. The Kier molecular flexibility index (Phi) is 5.59. The number of carbonyl (C=O) groups excluding carboxylic acids is 1. The molecule has 3 aromatic heterocycles. The summed E-state index contributed by atoms with van der Waals surface area (Å²) >= 11 is 10.1. The van der Waals surface area contributed by atoms with Gasteiger partial charge in [0, 0.05) is 27.9 Å². The first-order valence-electron chi connectivity index (χ1n) is 10.4. The molecule has 5 aromatic rings. The predicted octanol–water partition coefficient (Wildman–Crippen LogP) is 4.52. The van der Waals surface area contributed by atoms with Gasteiger partial charge in [-0.1, -0.05) is 41.9 Å². The number of pyridine rings is 1. The molecule has 0 saturated heterocycles. The number of nitrogens with one attached hydrogen (secondary N) is 1. The number of aromatic nitrogens is 4. The fraction of sp³-hybridized carbons (Fsp3) is 0.0833. The molecule has 170 valence electrons. The van der Waals surface area contributed by atoms with Crippen molar-refractivity contribution in [1.29, 1.82) is 0 Å². The third kappa shape index (κ3) is 3.53. The van der Waals surface area contributed by atoms with E-state index in [1.165, 1.54) is 4.52 Å². The molecule has 10 heteroatoms. The first-order valence-corrected chi connectivity index (χ1v) is 11.5. The molecule has 34 heavy (non-hydrogen) atoms. The normalized spacial score (nSPS) is 12.2. The minimum absolute atomic E-state index is 0.0632. The summed E-state index contributed by atoms with van der Waals surface area (Å²) in [7, 11) is 0. The van der Waals surface area contributed by atoms with Gasteiger partial charge >= 0.3 is 0 Å². The molecular weight excluding hydrogens is 520 g/mol. The number of para-hydroxylation sites is 1. The molecule has 0 saturated carbocycles. The van der Waals surface area contributed by atoms with Gasteiger partial charge in [0.1, 0.15) is 5.56 Å². The van der Waals surface area contributed by atoms with Gasteiger partial charge < -0.3 is 11.1 Å². The second kappa shape index (κ2) is 8.58. The molecule has 0 aliphatic rings. The fourth-order valence-corrected chi connectivity index (χ4v) is 5.16. The number of fused-ring (bicyclic) bond motifs is 2. The van der Waals surface area contributed by atoms with Crippen LogP contribution in [0.4, 0.5) is 5.82 Å². The lowest BCUT2D eigenvalue weighted by molar-refractivity contribution is 0.0941. The highest BCUT2D eigenvalue weighted by Crippen LogP contribution is 2.34. The maximum atomic E-state index is 13.7. The largest absolute Gasteiger partial charge is 0.381 e. The maximum absolute atomic E-state index is 13.7. The van der Waals surface area contributed by atoms with Crippen molar-refractivity contribution in [3.05, 3.63) is 98.1 Å². The maximum Gasteiger partial charge on any atom is 0.264 e. The summed E-state index contributed by atoms with van der Waals surface area (Å²) in [4.78, 5) is 31.2. The van der Waals surface area contributed by atoms with Crippen LogP contribution in [0.5, 0.6) is 0 Å². The van der Waals surface area contributed by atoms with Crippen molar-refractivity contribution in [3.8, 4) is 5.69 Å². The molecule has 0 aliphatic heterocycles. The topological polar surface area (TPSA) is 107 Å². The number of nitrogens with two attached hydrogens (primary N) is 1. The number of benzene rings is 2. The van der Waals surface area contributed by atoms with Crippen LogP contribution < -0.4 is 16.6 Å². The minimum Gasteiger partial charge on any atom is -0.381 e. The molecule has 5 rings (SSSR count). The lowest BCUT2D eigenvalue weighted by Crippen LogP contribution is -2.33. The molecule has 2 aromatic carbocycles. The average molecular weight is 538 g/mol. The molecule has 0 bridgehead atoms. The van der Waals surface area contributed by atoms with E-state index in [1.54, 1.807) is 42.1 Å². The van der Waals surface area contributed by atoms with Crippen molar-refractivity contribution in [2.45, 2.75) is 13.0 Å². The Morgan fingerprint density at radius 3 is 2.68 bits per heavy atom. The van der Waals surface area contributed by atoms with Crippen molar-refractivity contribution in [2.24, 2.45) is 0 Å². The Morgan fingerprint density at radius 2 is 1.91 bits per heavy atom. The van der Waals surface area contributed by atoms with E-state index in [9.17, 15) is 9.59 Å². The Hall–Kier alpha value is -3.69. The van der Waals surface area contributed by atoms with E-state index in [-0.39, 0.29) is 16.9 Å². The van der Waals surface area contributed by atoms with E-state index in [4.69, 9.17) is 17.3 Å². The van der Waals surface area contributed by atoms with E-state index in [1.807, 2.05) is 36.4 Å². The van der Waals surface area contributed by atoms with Gasteiger partial charge in [-0.15, -0.1) is 5.10 Å². The van der Waals surface area contributed by atoms with E-state index in [0.717, 1.165) is 0 Å². The van der Waals surface area contributed by atoms with E-state index in [2.05, 4.69) is 31.3 Å². The van der Waals surface area contributed by atoms with Crippen LogP contribution in [0.25, 0.3) is 22.1 Å². The van der Waals surface area contributed by atoms with Crippen LogP contribution in [-0.2, 0) is 0 Å². The van der Waals surface area contributed by atoms with Gasteiger partial charge in [-0.3, -0.25) is 14.2 Å². The second-order valence-electron chi connectivity index (χ2n) is 7.68. The van der Waals surface area contributed by atoms with Crippen LogP contribution in [0.1, 0.15) is 29.0 Å². The molecular formula is C24H18BrClN6O2. The quantitative estimate of drug-likeness (QED) is 0.350. The second-order valence-corrected chi connectivity index (χ2v) is 8.88. The fourth-order valence-electron chi connectivity index (χ4n) is 4.06. The summed E-state index contributed by atoms with van der Waals surface area (Å²) in [5, 5.41) is 8.49. The Labute approximate surface area is 207 Å². The molecule has 3 N–H and O–H groups in total. The first kappa shape index (κ1) is 22.1. The van der Waals surface area contributed by atoms with Gasteiger partial charge in [-0.05, 0) is 47.1 Å². The molecule has 0 fully saturated rings. The number of nitrogen functional groups attached to an aromatic ring is 1. The van der Waals surface area contributed by atoms with Gasteiger partial charge in [0.2, 0.25) is 0 Å². The number of anilines is 1. The predicted molar refractivity (Wildman–Crippen MR) is 136 cm³/mol.